The summed E-state index contributed by atoms with van der Waals surface area (Å²) < 4.78 is 0. The Morgan fingerprint density at radius 3 is 2.62 bits per heavy atom. The molecule has 0 aliphatic carbocycles. The number of benzene rings is 1. The summed E-state index contributed by atoms with van der Waals surface area (Å²) in [6, 6.07) is 10.8. The number of anilines is 1. The maximum absolute atomic E-state index is 3.40. The van der Waals surface area contributed by atoms with Crippen LogP contribution in [0.4, 0.5) is 5.69 Å². The molecule has 0 amide bonds. The minimum absolute atomic E-state index is 0.345. The van der Waals surface area contributed by atoms with Crippen molar-refractivity contribution in [2.24, 2.45) is 0 Å². The van der Waals surface area contributed by atoms with Crippen molar-refractivity contribution in [1.29, 1.82) is 0 Å². The highest BCUT2D eigenvalue weighted by Gasteiger charge is 2.18. The van der Waals surface area contributed by atoms with Crippen molar-refractivity contribution in [3.63, 3.8) is 0 Å². The lowest BCUT2D eigenvalue weighted by Crippen LogP contribution is -2.36. The van der Waals surface area contributed by atoms with Crippen LogP contribution < -0.4 is 16.2 Å². The van der Waals surface area contributed by atoms with Crippen LogP contribution in [0, 0.1) is 0 Å². The fraction of sp³-hybridized carbons (Fsp3) is 0.400. The van der Waals surface area contributed by atoms with Crippen molar-refractivity contribution in [2.75, 3.05) is 5.32 Å². The van der Waals surface area contributed by atoms with E-state index in [9.17, 15) is 0 Å². The first-order valence-corrected chi connectivity index (χ1v) is 4.67. The zero-order valence-electron chi connectivity index (χ0n) is 7.75. The molecule has 1 saturated heterocycles. The molecule has 1 aliphatic heterocycles. The van der Waals surface area contributed by atoms with Crippen LogP contribution in [-0.4, -0.2) is 12.2 Å². The van der Waals surface area contributed by atoms with E-state index in [0.29, 0.717) is 12.2 Å². The molecule has 1 aromatic rings. The van der Waals surface area contributed by atoms with Gasteiger partial charge >= 0.3 is 0 Å². The van der Waals surface area contributed by atoms with E-state index in [1.807, 2.05) is 18.2 Å². The van der Waals surface area contributed by atoms with Gasteiger partial charge < -0.3 is 5.32 Å². The van der Waals surface area contributed by atoms with Crippen molar-refractivity contribution in [3.05, 3.63) is 30.3 Å². The molecule has 0 saturated carbocycles. The quantitative estimate of drug-likeness (QED) is 0.637. The van der Waals surface area contributed by atoms with E-state index in [1.165, 1.54) is 0 Å². The van der Waals surface area contributed by atoms with Gasteiger partial charge in [0.05, 0.1) is 6.17 Å². The van der Waals surface area contributed by atoms with E-state index in [0.717, 1.165) is 12.1 Å². The lowest BCUT2D eigenvalue weighted by molar-refractivity contribution is 0.572. The lowest BCUT2D eigenvalue weighted by Gasteiger charge is -2.12. The Morgan fingerprint density at radius 1 is 1.23 bits per heavy atom. The number of para-hydroxylation sites is 1. The molecule has 1 aromatic carbocycles. The van der Waals surface area contributed by atoms with Crippen LogP contribution in [0.1, 0.15) is 13.3 Å². The molecule has 1 fully saturated rings. The number of hydrogen-bond donors (Lipinski definition) is 3. The van der Waals surface area contributed by atoms with Crippen LogP contribution in [0.25, 0.3) is 0 Å². The second-order valence-corrected chi connectivity index (χ2v) is 3.49. The molecule has 3 N–H and O–H groups in total. The highest BCUT2D eigenvalue weighted by molar-refractivity contribution is 5.43. The second-order valence-electron chi connectivity index (χ2n) is 3.49. The van der Waals surface area contributed by atoms with Gasteiger partial charge in [0, 0.05) is 11.7 Å². The van der Waals surface area contributed by atoms with Gasteiger partial charge in [0.15, 0.2) is 0 Å². The van der Waals surface area contributed by atoms with Crippen LogP contribution in [-0.2, 0) is 0 Å². The smallest absolute Gasteiger partial charge is 0.0911 e. The number of hydrazine groups is 1. The van der Waals surface area contributed by atoms with Gasteiger partial charge in [0.2, 0.25) is 0 Å². The normalized spacial score (nSPS) is 27.5. The Labute approximate surface area is 78.5 Å². The summed E-state index contributed by atoms with van der Waals surface area (Å²) in [7, 11) is 0. The molecule has 0 aromatic heterocycles. The van der Waals surface area contributed by atoms with Gasteiger partial charge in [-0.2, -0.15) is 0 Å². The summed E-state index contributed by atoms with van der Waals surface area (Å²) in [5.41, 5.74) is 7.53. The van der Waals surface area contributed by atoms with Crippen molar-refractivity contribution in [2.45, 2.75) is 25.6 Å². The molecule has 70 valence electrons. The topological polar surface area (TPSA) is 36.1 Å². The Morgan fingerprint density at radius 2 is 2.00 bits per heavy atom. The van der Waals surface area contributed by atoms with Gasteiger partial charge in [-0.1, -0.05) is 18.2 Å². The molecule has 3 nitrogen and oxygen atoms in total. The monoisotopic (exact) mass is 177 g/mol. The van der Waals surface area contributed by atoms with Crippen molar-refractivity contribution < 1.29 is 0 Å². The SMILES string of the molecule is CC1CC(Nc2ccccc2)NN1. The third kappa shape index (κ3) is 2.20. The minimum Gasteiger partial charge on any atom is -0.369 e. The third-order valence-electron chi connectivity index (χ3n) is 2.21. The highest BCUT2D eigenvalue weighted by atomic mass is 15.5. The molecule has 13 heavy (non-hydrogen) atoms. The Hall–Kier alpha value is -1.06. The Kier molecular flexibility index (Phi) is 2.47. The average molecular weight is 177 g/mol. The molecular formula is C10H15N3. The second kappa shape index (κ2) is 3.77. The van der Waals surface area contributed by atoms with Crippen LogP contribution in [0.3, 0.4) is 0 Å². The predicted molar refractivity (Wildman–Crippen MR) is 54.2 cm³/mol. The first-order valence-electron chi connectivity index (χ1n) is 4.67. The van der Waals surface area contributed by atoms with Crippen LogP contribution in [0.15, 0.2) is 30.3 Å². The summed E-state index contributed by atoms with van der Waals surface area (Å²) in [6.07, 6.45) is 1.45. The van der Waals surface area contributed by atoms with Crippen molar-refractivity contribution in [1.82, 2.24) is 10.9 Å². The third-order valence-corrected chi connectivity index (χ3v) is 2.21. The molecule has 2 rings (SSSR count). The van der Waals surface area contributed by atoms with E-state index in [4.69, 9.17) is 0 Å². The van der Waals surface area contributed by atoms with Gasteiger partial charge in [-0.3, -0.25) is 5.43 Å². The summed E-state index contributed by atoms with van der Waals surface area (Å²) in [5.74, 6) is 0. The maximum atomic E-state index is 3.40. The van der Waals surface area contributed by atoms with E-state index >= 15 is 0 Å². The van der Waals surface area contributed by atoms with E-state index in [-0.39, 0.29) is 0 Å². The van der Waals surface area contributed by atoms with Crippen LogP contribution in [0.5, 0.6) is 0 Å². The lowest BCUT2D eigenvalue weighted by atomic mass is 10.2. The maximum Gasteiger partial charge on any atom is 0.0911 e. The van der Waals surface area contributed by atoms with Gasteiger partial charge in [-0.15, -0.1) is 0 Å². The van der Waals surface area contributed by atoms with Crippen LogP contribution >= 0.6 is 0 Å². The average Bonchev–Trinajstić information content (AvgIpc) is 2.53. The molecule has 1 heterocycles. The molecule has 0 radical (unpaired) electrons. The Bertz CT molecular complexity index is 260. The molecule has 1 aliphatic rings. The zero-order chi connectivity index (χ0) is 9.10. The number of rotatable bonds is 2. The molecular weight excluding hydrogens is 162 g/mol. The molecule has 0 bridgehead atoms. The fourth-order valence-corrected chi connectivity index (χ4v) is 1.54. The van der Waals surface area contributed by atoms with E-state index in [1.54, 1.807) is 0 Å². The molecule has 2 atom stereocenters. The molecule has 3 heteroatoms. The van der Waals surface area contributed by atoms with Gasteiger partial charge in [-0.05, 0) is 25.5 Å². The fourth-order valence-electron chi connectivity index (χ4n) is 1.54. The number of nitrogens with one attached hydrogen (secondary N) is 3. The van der Waals surface area contributed by atoms with Gasteiger partial charge in [0.1, 0.15) is 0 Å². The van der Waals surface area contributed by atoms with E-state index < -0.39 is 0 Å². The first kappa shape index (κ1) is 8.53. The van der Waals surface area contributed by atoms with Gasteiger partial charge in [-0.25, -0.2) is 5.43 Å². The largest absolute Gasteiger partial charge is 0.369 e. The summed E-state index contributed by atoms with van der Waals surface area (Å²) in [5, 5.41) is 3.40. The molecule has 2 unspecified atom stereocenters. The summed E-state index contributed by atoms with van der Waals surface area (Å²) >= 11 is 0. The standard InChI is InChI=1S/C10H15N3/c1-8-7-10(13-12-8)11-9-5-3-2-4-6-9/h2-6,8,10-13H,7H2,1H3. The van der Waals surface area contributed by atoms with Crippen molar-refractivity contribution >= 4 is 5.69 Å². The van der Waals surface area contributed by atoms with Crippen LogP contribution in [0.2, 0.25) is 0 Å². The first-order chi connectivity index (χ1) is 6.34. The predicted octanol–water partition coefficient (Wildman–Crippen LogP) is 1.31. The molecule has 0 spiro atoms. The minimum atomic E-state index is 0.345. The summed E-state index contributed by atoms with van der Waals surface area (Å²) in [4.78, 5) is 0. The Balaban J connectivity index is 1.92. The number of hydrogen-bond acceptors (Lipinski definition) is 3. The van der Waals surface area contributed by atoms with E-state index in [2.05, 4.69) is 35.2 Å². The highest BCUT2D eigenvalue weighted by Crippen LogP contribution is 2.10. The van der Waals surface area contributed by atoms with Crippen molar-refractivity contribution in [3.8, 4) is 0 Å². The zero-order valence-corrected chi connectivity index (χ0v) is 7.75. The summed E-state index contributed by atoms with van der Waals surface area (Å²) in [6.45, 7) is 2.17. The van der Waals surface area contributed by atoms with Gasteiger partial charge in [0.25, 0.3) is 0 Å².